The minimum atomic E-state index is -0.0922. The van der Waals surface area contributed by atoms with Gasteiger partial charge in [-0.05, 0) is 58.7 Å². The van der Waals surface area contributed by atoms with Gasteiger partial charge in [0.05, 0.1) is 19.3 Å². The number of carbonyl (C=O) groups excluding carboxylic acids is 1. The van der Waals surface area contributed by atoms with Crippen molar-refractivity contribution in [3.05, 3.63) is 0 Å². The van der Waals surface area contributed by atoms with Crippen molar-refractivity contribution in [1.29, 1.82) is 0 Å². The molecule has 2 aliphatic heterocycles. The summed E-state index contributed by atoms with van der Waals surface area (Å²) in [6.45, 7) is 11.1. The average molecular weight is 312 g/mol. The van der Waals surface area contributed by atoms with Crippen LogP contribution in [0.5, 0.6) is 0 Å². The Bertz CT molecular complexity index is 333. The van der Waals surface area contributed by atoms with E-state index in [1.165, 1.54) is 39.6 Å². The molecule has 0 bridgehead atoms. The van der Waals surface area contributed by atoms with Gasteiger partial charge in [-0.1, -0.05) is 0 Å². The molecule has 128 valence electrons. The predicted molar refractivity (Wildman–Crippen MR) is 86.9 cm³/mol. The maximum absolute atomic E-state index is 11.1. The van der Waals surface area contributed by atoms with E-state index in [1.807, 2.05) is 0 Å². The van der Waals surface area contributed by atoms with Crippen LogP contribution in [0.1, 0.15) is 39.5 Å². The van der Waals surface area contributed by atoms with Crippen molar-refractivity contribution in [2.75, 3.05) is 46.4 Å². The normalized spacial score (nSPS) is 28.7. The third-order valence-electron chi connectivity index (χ3n) is 4.80. The number of piperidine rings is 1. The summed E-state index contributed by atoms with van der Waals surface area (Å²) in [5.41, 5.74) is 0. The molecule has 2 heterocycles. The quantitative estimate of drug-likeness (QED) is 0.699. The summed E-state index contributed by atoms with van der Waals surface area (Å²) in [5, 5.41) is 0. The Kier molecular flexibility index (Phi) is 7.12. The van der Waals surface area contributed by atoms with Gasteiger partial charge in [-0.25, -0.2) is 0 Å². The van der Waals surface area contributed by atoms with Crippen molar-refractivity contribution in [2.45, 2.75) is 51.7 Å². The summed E-state index contributed by atoms with van der Waals surface area (Å²) in [7, 11) is 1.46. The molecule has 5 nitrogen and oxygen atoms in total. The highest BCUT2D eigenvalue weighted by atomic mass is 16.5. The second-order valence-corrected chi connectivity index (χ2v) is 6.94. The molecule has 2 unspecified atom stereocenters. The van der Waals surface area contributed by atoms with Crippen LogP contribution in [0.4, 0.5) is 0 Å². The van der Waals surface area contributed by atoms with Crippen molar-refractivity contribution < 1.29 is 14.3 Å². The molecule has 0 amide bonds. The average Bonchev–Trinajstić information content (AvgIpc) is 2.48. The first-order valence-corrected chi connectivity index (χ1v) is 8.73. The number of carbonyl (C=O) groups is 1. The molecule has 0 radical (unpaired) electrons. The fourth-order valence-electron chi connectivity index (χ4n) is 3.74. The molecule has 2 aliphatic rings. The van der Waals surface area contributed by atoms with Crippen molar-refractivity contribution in [1.82, 2.24) is 9.80 Å². The summed E-state index contributed by atoms with van der Waals surface area (Å²) in [6.07, 6.45) is 4.73. The van der Waals surface area contributed by atoms with Gasteiger partial charge in [0.25, 0.3) is 0 Å². The zero-order valence-electron chi connectivity index (χ0n) is 14.4. The number of hydrogen-bond acceptors (Lipinski definition) is 5. The zero-order chi connectivity index (χ0) is 15.9. The largest absolute Gasteiger partial charge is 0.469 e. The van der Waals surface area contributed by atoms with E-state index < -0.39 is 0 Å². The van der Waals surface area contributed by atoms with Gasteiger partial charge in [-0.15, -0.1) is 0 Å². The molecule has 2 fully saturated rings. The summed E-state index contributed by atoms with van der Waals surface area (Å²) in [5.74, 6) is 0.722. The van der Waals surface area contributed by atoms with Crippen LogP contribution in [0, 0.1) is 5.92 Å². The zero-order valence-corrected chi connectivity index (χ0v) is 14.4. The van der Waals surface area contributed by atoms with Crippen LogP contribution in [0.2, 0.25) is 0 Å². The first kappa shape index (κ1) is 17.7. The lowest BCUT2D eigenvalue weighted by molar-refractivity contribution is -0.140. The lowest BCUT2D eigenvalue weighted by atomic mass is 9.95. The molecule has 0 aliphatic carbocycles. The number of hydrogen-bond donors (Lipinski definition) is 0. The van der Waals surface area contributed by atoms with Gasteiger partial charge in [0.15, 0.2) is 0 Å². The first-order chi connectivity index (χ1) is 10.6. The second-order valence-electron chi connectivity index (χ2n) is 6.94. The third-order valence-corrected chi connectivity index (χ3v) is 4.80. The predicted octanol–water partition coefficient (Wildman–Crippen LogP) is 1.76. The molecule has 2 saturated heterocycles. The monoisotopic (exact) mass is 312 g/mol. The van der Waals surface area contributed by atoms with Crippen molar-refractivity contribution >= 4 is 5.97 Å². The number of methoxy groups -OCH3 is 1. The number of morpholine rings is 1. The van der Waals surface area contributed by atoms with Gasteiger partial charge in [0.2, 0.25) is 0 Å². The Morgan fingerprint density at radius 3 is 2.36 bits per heavy atom. The maximum Gasteiger partial charge on any atom is 0.305 e. The first-order valence-electron chi connectivity index (χ1n) is 8.73. The summed E-state index contributed by atoms with van der Waals surface area (Å²) in [4.78, 5) is 16.2. The molecule has 0 saturated carbocycles. The van der Waals surface area contributed by atoms with E-state index in [1.54, 1.807) is 0 Å². The van der Waals surface area contributed by atoms with Gasteiger partial charge >= 0.3 is 5.97 Å². The second kappa shape index (κ2) is 8.85. The van der Waals surface area contributed by atoms with E-state index in [9.17, 15) is 4.79 Å². The van der Waals surface area contributed by atoms with Crippen LogP contribution < -0.4 is 0 Å². The number of rotatable bonds is 6. The van der Waals surface area contributed by atoms with Crippen LogP contribution in [0.15, 0.2) is 0 Å². The van der Waals surface area contributed by atoms with Crippen molar-refractivity contribution in [2.24, 2.45) is 5.92 Å². The van der Waals surface area contributed by atoms with Crippen LogP contribution in [-0.4, -0.2) is 74.4 Å². The lowest BCUT2D eigenvalue weighted by Gasteiger charge is -2.39. The van der Waals surface area contributed by atoms with Crippen LogP contribution in [0.3, 0.4) is 0 Å². The van der Waals surface area contributed by atoms with E-state index in [-0.39, 0.29) is 5.97 Å². The molecular formula is C17H32N2O3. The van der Waals surface area contributed by atoms with E-state index in [0.717, 1.165) is 32.0 Å². The number of ether oxygens (including phenoxy) is 2. The molecular weight excluding hydrogens is 280 g/mol. The van der Waals surface area contributed by atoms with Gasteiger partial charge < -0.3 is 14.4 Å². The molecule has 0 N–H and O–H groups in total. The Morgan fingerprint density at radius 2 is 1.77 bits per heavy atom. The Balaban J connectivity index is 1.61. The smallest absolute Gasteiger partial charge is 0.305 e. The van der Waals surface area contributed by atoms with E-state index >= 15 is 0 Å². The van der Waals surface area contributed by atoms with E-state index in [0.29, 0.717) is 18.6 Å². The standard InChI is InChI=1S/C17H32N2O3/c1-14-11-19(12-15(2)22-14)13-16-6-9-18(10-7-16)8-4-5-17(20)21-3/h14-16H,4-13H2,1-3H3. The fraction of sp³-hybridized carbons (Fsp3) is 0.941. The Labute approximate surface area is 134 Å². The Morgan fingerprint density at radius 1 is 1.14 bits per heavy atom. The van der Waals surface area contributed by atoms with Gasteiger partial charge in [-0.2, -0.15) is 0 Å². The van der Waals surface area contributed by atoms with E-state index in [4.69, 9.17) is 4.74 Å². The van der Waals surface area contributed by atoms with Gasteiger partial charge in [-0.3, -0.25) is 9.69 Å². The Hall–Kier alpha value is -0.650. The molecule has 0 aromatic carbocycles. The highest BCUT2D eigenvalue weighted by molar-refractivity contribution is 5.69. The number of esters is 1. The molecule has 22 heavy (non-hydrogen) atoms. The maximum atomic E-state index is 11.1. The number of likely N-dealkylation sites (tertiary alicyclic amines) is 1. The molecule has 0 aromatic rings. The fourth-order valence-corrected chi connectivity index (χ4v) is 3.74. The summed E-state index contributed by atoms with van der Waals surface area (Å²) >= 11 is 0. The van der Waals surface area contributed by atoms with Crippen LogP contribution >= 0.6 is 0 Å². The van der Waals surface area contributed by atoms with Gasteiger partial charge in [0.1, 0.15) is 0 Å². The van der Waals surface area contributed by atoms with Crippen LogP contribution in [0.25, 0.3) is 0 Å². The molecule has 2 atom stereocenters. The SMILES string of the molecule is COC(=O)CCCN1CCC(CN2CC(C)OC(C)C2)CC1. The van der Waals surface area contributed by atoms with Gasteiger partial charge in [0, 0.05) is 26.1 Å². The molecule has 2 rings (SSSR count). The summed E-state index contributed by atoms with van der Waals surface area (Å²) < 4.78 is 10.5. The minimum Gasteiger partial charge on any atom is -0.469 e. The van der Waals surface area contributed by atoms with E-state index in [2.05, 4.69) is 28.4 Å². The number of nitrogens with zero attached hydrogens (tertiary/aromatic N) is 2. The van der Waals surface area contributed by atoms with Crippen LogP contribution in [-0.2, 0) is 14.3 Å². The molecule has 0 spiro atoms. The van der Waals surface area contributed by atoms with Crippen molar-refractivity contribution in [3.8, 4) is 0 Å². The molecule has 0 aromatic heterocycles. The highest BCUT2D eigenvalue weighted by Gasteiger charge is 2.26. The minimum absolute atomic E-state index is 0.0922. The topological polar surface area (TPSA) is 42.0 Å². The molecule has 5 heteroatoms. The third kappa shape index (κ3) is 5.86. The lowest BCUT2D eigenvalue weighted by Crippen LogP contribution is -2.48. The highest BCUT2D eigenvalue weighted by Crippen LogP contribution is 2.21. The van der Waals surface area contributed by atoms with Crippen molar-refractivity contribution in [3.63, 3.8) is 0 Å². The summed E-state index contributed by atoms with van der Waals surface area (Å²) in [6, 6.07) is 0.